The monoisotopic (exact) mass is 552 g/mol. The Morgan fingerprint density at radius 1 is 0.969 bits per heavy atom. The van der Waals surface area contributed by atoms with Gasteiger partial charge in [-0.15, -0.1) is 24.0 Å². The van der Waals surface area contributed by atoms with E-state index in [4.69, 9.17) is 14.2 Å². The molecule has 0 unspecified atom stereocenters. The number of aromatic amines is 1. The van der Waals surface area contributed by atoms with Crippen LogP contribution in [0.1, 0.15) is 16.7 Å². The van der Waals surface area contributed by atoms with Crippen molar-refractivity contribution in [2.24, 2.45) is 4.99 Å². The number of H-pyrrole nitrogens is 1. The quantitative estimate of drug-likeness (QED) is 0.212. The van der Waals surface area contributed by atoms with Crippen LogP contribution in [0.3, 0.4) is 0 Å². The summed E-state index contributed by atoms with van der Waals surface area (Å²) >= 11 is 0. The Bertz CT molecular complexity index is 1020. The summed E-state index contributed by atoms with van der Waals surface area (Å²) in [5.41, 5.74) is 4.77. The van der Waals surface area contributed by atoms with Crippen LogP contribution in [0.4, 0.5) is 0 Å². The molecule has 0 amide bonds. The largest absolute Gasteiger partial charge is 0.496 e. The molecule has 3 aromatic rings. The fourth-order valence-electron chi connectivity index (χ4n) is 3.81. The lowest BCUT2D eigenvalue weighted by Gasteiger charge is -2.16. The van der Waals surface area contributed by atoms with Gasteiger partial charge in [0.05, 0.1) is 21.3 Å². The summed E-state index contributed by atoms with van der Waals surface area (Å²) in [6.07, 6.45) is 3.72. The fourth-order valence-corrected chi connectivity index (χ4v) is 3.81. The second-order valence-corrected chi connectivity index (χ2v) is 7.25. The summed E-state index contributed by atoms with van der Waals surface area (Å²) in [7, 11) is 6.71. The summed E-state index contributed by atoms with van der Waals surface area (Å²) in [4.78, 5) is 7.69. The Kier molecular flexibility index (Phi) is 9.96. The second-order valence-electron chi connectivity index (χ2n) is 7.25. The van der Waals surface area contributed by atoms with E-state index in [2.05, 4.69) is 51.9 Å². The minimum Gasteiger partial charge on any atom is -0.496 e. The van der Waals surface area contributed by atoms with Crippen molar-refractivity contribution in [2.75, 3.05) is 41.5 Å². The summed E-state index contributed by atoms with van der Waals surface area (Å²) in [5.74, 6) is 2.96. The fraction of sp³-hybridized carbons (Fsp3) is 0.375. The third kappa shape index (κ3) is 5.99. The van der Waals surface area contributed by atoms with Crippen LogP contribution in [0.15, 0.2) is 41.5 Å². The van der Waals surface area contributed by atoms with Crippen molar-refractivity contribution >= 4 is 40.8 Å². The van der Waals surface area contributed by atoms with E-state index >= 15 is 0 Å². The number of methoxy groups -OCH3 is 3. The zero-order valence-corrected chi connectivity index (χ0v) is 21.7. The van der Waals surface area contributed by atoms with Gasteiger partial charge < -0.3 is 29.8 Å². The van der Waals surface area contributed by atoms with E-state index < -0.39 is 0 Å². The van der Waals surface area contributed by atoms with E-state index in [1.54, 1.807) is 28.4 Å². The lowest BCUT2D eigenvalue weighted by atomic mass is 10.1. The van der Waals surface area contributed by atoms with Gasteiger partial charge in [-0.3, -0.25) is 4.99 Å². The number of ether oxygens (including phenoxy) is 3. The highest BCUT2D eigenvalue weighted by Gasteiger charge is 2.13. The van der Waals surface area contributed by atoms with Gasteiger partial charge in [0.2, 0.25) is 0 Å². The number of aliphatic imine (C=N–C) groups is 1. The number of hydrogen-bond donors (Lipinski definition) is 3. The predicted molar refractivity (Wildman–Crippen MR) is 141 cm³/mol. The molecule has 1 heterocycles. The van der Waals surface area contributed by atoms with Crippen LogP contribution < -0.4 is 24.8 Å². The van der Waals surface area contributed by atoms with Crippen molar-refractivity contribution in [1.82, 2.24) is 15.6 Å². The Balaban J connectivity index is 0.00000363. The summed E-state index contributed by atoms with van der Waals surface area (Å²) < 4.78 is 16.4. The van der Waals surface area contributed by atoms with Gasteiger partial charge in [0.1, 0.15) is 17.2 Å². The van der Waals surface area contributed by atoms with Gasteiger partial charge >= 0.3 is 0 Å². The number of aromatic nitrogens is 1. The molecule has 0 spiro atoms. The van der Waals surface area contributed by atoms with Gasteiger partial charge in [-0.25, -0.2) is 0 Å². The van der Waals surface area contributed by atoms with Gasteiger partial charge in [-0.2, -0.15) is 0 Å². The van der Waals surface area contributed by atoms with Crippen LogP contribution in [-0.4, -0.2) is 52.4 Å². The second kappa shape index (κ2) is 12.4. The highest BCUT2D eigenvalue weighted by molar-refractivity contribution is 14.0. The summed E-state index contributed by atoms with van der Waals surface area (Å²) in [6, 6.07) is 10.1. The molecule has 174 valence electrons. The Hall–Kier alpha value is -2.62. The lowest BCUT2D eigenvalue weighted by Crippen LogP contribution is -2.39. The molecule has 3 rings (SSSR count). The number of benzene rings is 2. The van der Waals surface area contributed by atoms with E-state index in [0.717, 1.165) is 42.4 Å². The molecule has 8 heteroatoms. The molecule has 2 aromatic carbocycles. The van der Waals surface area contributed by atoms with E-state index in [0.29, 0.717) is 12.3 Å². The zero-order chi connectivity index (χ0) is 22.2. The molecule has 0 aliphatic carbocycles. The normalized spacial score (nSPS) is 11.1. The van der Waals surface area contributed by atoms with Crippen LogP contribution in [-0.2, 0) is 12.8 Å². The average Bonchev–Trinajstić information content (AvgIpc) is 3.22. The molecule has 0 atom stereocenters. The topological polar surface area (TPSA) is 79.9 Å². The minimum atomic E-state index is 0. The molecule has 0 bridgehead atoms. The number of aryl methyl sites for hydroxylation is 1. The molecule has 0 saturated heterocycles. The highest BCUT2D eigenvalue weighted by Crippen LogP contribution is 2.34. The highest BCUT2D eigenvalue weighted by atomic mass is 127. The molecular formula is C24H33IN4O3. The lowest BCUT2D eigenvalue weighted by molar-refractivity contribution is 0.368. The van der Waals surface area contributed by atoms with Crippen LogP contribution in [0.25, 0.3) is 10.9 Å². The molecule has 0 fully saturated rings. The number of nitrogens with one attached hydrogen (secondary N) is 3. The molecule has 0 saturated carbocycles. The van der Waals surface area contributed by atoms with Crippen molar-refractivity contribution in [2.45, 2.75) is 19.8 Å². The van der Waals surface area contributed by atoms with Crippen molar-refractivity contribution in [3.05, 3.63) is 53.2 Å². The van der Waals surface area contributed by atoms with Crippen molar-refractivity contribution < 1.29 is 14.2 Å². The minimum absolute atomic E-state index is 0. The molecule has 0 aliphatic heterocycles. The van der Waals surface area contributed by atoms with Gasteiger partial charge in [-0.1, -0.05) is 12.1 Å². The zero-order valence-electron chi connectivity index (χ0n) is 19.4. The van der Waals surface area contributed by atoms with Gasteiger partial charge in [0, 0.05) is 54.9 Å². The first-order valence-corrected chi connectivity index (χ1v) is 10.4. The molecule has 0 radical (unpaired) electrons. The Labute approximate surface area is 207 Å². The number of nitrogens with zero attached hydrogens (tertiary/aromatic N) is 1. The Morgan fingerprint density at radius 3 is 2.22 bits per heavy atom. The van der Waals surface area contributed by atoms with E-state index in [-0.39, 0.29) is 24.0 Å². The third-order valence-corrected chi connectivity index (χ3v) is 5.39. The van der Waals surface area contributed by atoms with Gasteiger partial charge in [-0.05, 0) is 37.0 Å². The van der Waals surface area contributed by atoms with E-state index in [9.17, 15) is 0 Å². The van der Waals surface area contributed by atoms with Crippen molar-refractivity contribution in [3.63, 3.8) is 0 Å². The average molecular weight is 552 g/mol. The van der Waals surface area contributed by atoms with E-state index in [1.165, 1.54) is 22.0 Å². The van der Waals surface area contributed by atoms with Crippen LogP contribution in [0.2, 0.25) is 0 Å². The first-order valence-electron chi connectivity index (χ1n) is 10.4. The first-order chi connectivity index (χ1) is 15.1. The summed E-state index contributed by atoms with van der Waals surface area (Å²) in [6.45, 7) is 3.62. The molecule has 7 nitrogen and oxygen atoms in total. The maximum absolute atomic E-state index is 5.53. The Morgan fingerprint density at radius 2 is 1.62 bits per heavy atom. The van der Waals surface area contributed by atoms with Crippen molar-refractivity contribution in [3.8, 4) is 17.2 Å². The first kappa shape index (κ1) is 25.6. The van der Waals surface area contributed by atoms with Gasteiger partial charge in [0.25, 0.3) is 0 Å². The smallest absolute Gasteiger partial charge is 0.190 e. The SMILES string of the molecule is CN=C(NCCc1c(OC)cc(OC)cc1OC)NCCc1c[nH]c2cccc(C)c12.I. The van der Waals surface area contributed by atoms with E-state index in [1.807, 2.05) is 12.1 Å². The molecular weight excluding hydrogens is 519 g/mol. The number of fused-ring (bicyclic) bond motifs is 1. The number of hydrogen-bond acceptors (Lipinski definition) is 4. The number of guanidine groups is 1. The molecule has 0 aliphatic rings. The van der Waals surface area contributed by atoms with Gasteiger partial charge in [0.15, 0.2) is 5.96 Å². The number of halogens is 1. The molecule has 3 N–H and O–H groups in total. The maximum atomic E-state index is 5.53. The standard InChI is InChI=1S/C24H32N4O3.HI/c1-16-7-6-8-20-23(16)17(15-28-20)9-11-26-24(25-2)27-12-10-19-21(30-4)13-18(29-3)14-22(19)31-5;/h6-8,13-15,28H,9-12H2,1-5H3,(H2,25,26,27);1H. The van der Waals surface area contributed by atoms with Crippen LogP contribution >= 0.6 is 24.0 Å². The summed E-state index contributed by atoms with van der Waals surface area (Å²) in [5, 5.41) is 8.07. The number of rotatable bonds is 9. The molecule has 1 aromatic heterocycles. The maximum Gasteiger partial charge on any atom is 0.190 e. The van der Waals surface area contributed by atoms with Crippen LogP contribution in [0.5, 0.6) is 17.2 Å². The van der Waals surface area contributed by atoms with Crippen molar-refractivity contribution in [1.29, 1.82) is 0 Å². The van der Waals surface area contributed by atoms with Crippen LogP contribution in [0, 0.1) is 6.92 Å². The molecule has 32 heavy (non-hydrogen) atoms. The predicted octanol–water partition coefficient (Wildman–Crippen LogP) is 4.07. The third-order valence-electron chi connectivity index (χ3n) is 5.39.